The van der Waals surface area contributed by atoms with Crippen molar-refractivity contribution in [2.24, 2.45) is 17.6 Å². The average Bonchev–Trinajstić information content (AvgIpc) is 3.44. The lowest BCUT2D eigenvalue weighted by Crippen LogP contribution is -2.59. The fraction of sp³-hybridized carbons (Fsp3) is 0.633. The topological polar surface area (TPSA) is 151 Å². The van der Waals surface area contributed by atoms with Crippen LogP contribution in [0, 0.1) is 11.8 Å². The number of nitrogens with two attached hydrogens (primary N) is 1. The SMILES string of the molecule is NC(=O)C(=O)C(CC1CC1)NC(=O)[C@@H]1CCCN1C(=O)[C@@H](NC(=O)NC1CCCCC1)C1Cc2ccccc2C1. The highest BCUT2D eigenvalue weighted by Gasteiger charge is 2.43. The lowest BCUT2D eigenvalue weighted by atomic mass is 9.94. The average molecular weight is 552 g/mol. The maximum absolute atomic E-state index is 14.1. The van der Waals surface area contributed by atoms with Crippen molar-refractivity contribution in [2.75, 3.05) is 6.54 Å². The van der Waals surface area contributed by atoms with Gasteiger partial charge in [0.05, 0.1) is 6.04 Å². The van der Waals surface area contributed by atoms with E-state index in [1.165, 1.54) is 17.5 Å². The lowest BCUT2D eigenvalue weighted by Gasteiger charge is -2.33. The molecule has 5 N–H and O–H groups in total. The Bertz CT molecular complexity index is 1120. The second kappa shape index (κ2) is 12.4. The van der Waals surface area contributed by atoms with E-state index >= 15 is 0 Å². The number of amides is 5. The van der Waals surface area contributed by atoms with Crippen LogP contribution in [0.3, 0.4) is 0 Å². The number of urea groups is 1. The second-order valence-corrected chi connectivity index (χ2v) is 12.0. The molecule has 40 heavy (non-hydrogen) atoms. The molecule has 3 atom stereocenters. The van der Waals surface area contributed by atoms with Gasteiger partial charge in [-0.25, -0.2) is 4.79 Å². The fourth-order valence-corrected chi connectivity index (χ4v) is 6.66. The van der Waals surface area contributed by atoms with E-state index in [-0.39, 0.29) is 29.8 Å². The smallest absolute Gasteiger partial charge is 0.315 e. The Morgan fingerprint density at radius 1 is 0.875 bits per heavy atom. The monoisotopic (exact) mass is 551 g/mol. The molecule has 0 bridgehead atoms. The van der Waals surface area contributed by atoms with Crippen LogP contribution in [0.1, 0.15) is 75.3 Å². The first kappa shape index (κ1) is 28.1. The van der Waals surface area contributed by atoms with Crippen molar-refractivity contribution in [3.63, 3.8) is 0 Å². The number of rotatable bonds is 10. The summed E-state index contributed by atoms with van der Waals surface area (Å²) in [5, 5.41) is 8.79. The van der Waals surface area contributed by atoms with Gasteiger partial charge in [-0.15, -0.1) is 0 Å². The Kier molecular flexibility index (Phi) is 8.71. The van der Waals surface area contributed by atoms with Crippen LogP contribution in [0.2, 0.25) is 0 Å². The summed E-state index contributed by atoms with van der Waals surface area (Å²) >= 11 is 0. The highest BCUT2D eigenvalue weighted by Crippen LogP contribution is 2.34. The molecule has 5 amide bonds. The van der Waals surface area contributed by atoms with Crippen LogP contribution in [0.15, 0.2) is 24.3 Å². The first-order valence-electron chi connectivity index (χ1n) is 14.9. The maximum atomic E-state index is 14.1. The molecular weight excluding hydrogens is 510 g/mol. The normalized spacial score (nSPS) is 22.7. The summed E-state index contributed by atoms with van der Waals surface area (Å²) in [6.07, 6.45) is 9.88. The highest BCUT2D eigenvalue weighted by atomic mass is 16.2. The van der Waals surface area contributed by atoms with E-state index < -0.39 is 35.7 Å². The molecule has 1 aromatic carbocycles. The quantitative estimate of drug-likeness (QED) is 0.327. The van der Waals surface area contributed by atoms with Gasteiger partial charge in [-0.2, -0.15) is 0 Å². The number of carbonyl (C=O) groups is 5. The molecule has 5 rings (SSSR count). The van der Waals surface area contributed by atoms with Crippen LogP contribution in [-0.2, 0) is 32.0 Å². The third-order valence-corrected chi connectivity index (χ3v) is 9.03. The number of nitrogens with one attached hydrogen (secondary N) is 3. The molecule has 1 saturated heterocycles. The zero-order valence-electron chi connectivity index (χ0n) is 23.0. The van der Waals surface area contributed by atoms with Crippen molar-refractivity contribution >= 4 is 29.5 Å². The third kappa shape index (κ3) is 6.64. The van der Waals surface area contributed by atoms with Gasteiger partial charge in [0, 0.05) is 12.6 Å². The Hall–Kier alpha value is -3.43. The molecule has 2 saturated carbocycles. The molecule has 3 aliphatic carbocycles. The van der Waals surface area contributed by atoms with E-state index in [1.54, 1.807) is 4.90 Å². The van der Waals surface area contributed by atoms with E-state index in [9.17, 15) is 24.0 Å². The predicted molar refractivity (Wildman–Crippen MR) is 148 cm³/mol. The van der Waals surface area contributed by atoms with Gasteiger partial charge in [0.1, 0.15) is 12.1 Å². The number of hydrogen-bond acceptors (Lipinski definition) is 5. The van der Waals surface area contributed by atoms with Gasteiger partial charge < -0.3 is 26.6 Å². The molecule has 1 heterocycles. The molecule has 1 aliphatic heterocycles. The summed E-state index contributed by atoms with van der Waals surface area (Å²) in [4.78, 5) is 66.2. The number of likely N-dealkylation sites (tertiary alicyclic amines) is 1. The van der Waals surface area contributed by atoms with Gasteiger partial charge in [-0.05, 0) is 67.9 Å². The van der Waals surface area contributed by atoms with Gasteiger partial charge >= 0.3 is 6.03 Å². The Morgan fingerprint density at radius 2 is 1.55 bits per heavy atom. The number of benzene rings is 1. The van der Waals surface area contributed by atoms with Crippen LogP contribution < -0.4 is 21.7 Å². The molecule has 0 spiro atoms. The van der Waals surface area contributed by atoms with Crippen molar-refractivity contribution in [1.82, 2.24) is 20.9 Å². The summed E-state index contributed by atoms with van der Waals surface area (Å²) in [6.45, 7) is 0.385. The first-order valence-corrected chi connectivity index (χ1v) is 14.9. The van der Waals surface area contributed by atoms with Crippen LogP contribution >= 0.6 is 0 Å². The summed E-state index contributed by atoms with van der Waals surface area (Å²) < 4.78 is 0. The molecule has 0 aromatic heterocycles. The number of nitrogens with zero attached hydrogens (tertiary/aromatic N) is 1. The molecule has 3 fully saturated rings. The van der Waals surface area contributed by atoms with E-state index in [0.717, 1.165) is 38.5 Å². The summed E-state index contributed by atoms with van der Waals surface area (Å²) in [5.74, 6) is -2.46. The van der Waals surface area contributed by atoms with E-state index in [0.29, 0.717) is 38.6 Å². The molecule has 10 heteroatoms. The maximum Gasteiger partial charge on any atom is 0.315 e. The lowest BCUT2D eigenvalue weighted by molar-refractivity contribution is -0.142. The highest BCUT2D eigenvalue weighted by molar-refractivity contribution is 6.37. The van der Waals surface area contributed by atoms with Gasteiger partial charge in [0.2, 0.25) is 17.6 Å². The molecule has 216 valence electrons. The number of primary amides is 1. The minimum absolute atomic E-state index is 0.0989. The Morgan fingerprint density at radius 3 is 2.17 bits per heavy atom. The van der Waals surface area contributed by atoms with Crippen molar-refractivity contribution in [3.8, 4) is 0 Å². The third-order valence-electron chi connectivity index (χ3n) is 9.03. The zero-order chi connectivity index (χ0) is 28.2. The van der Waals surface area contributed by atoms with Gasteiger partial charge in [0.15, 0.2) is 0 Å². The van der Waals surface area contributed by atoms with Crippen LogP contribution in [0.25, 0.3) is 0 Å². The molecule has 4 aliphatic rings. The summed E-state index contributed by atoms with van der Waals surface area (Å²) in [5.41, 5.74) is 7.59. The summed E-state index contributed by atoms with van der Waals surface area (Å²) in [6, 6.07) is 5.28. The number of hydrogen-bond donors (Lipinski definition) is 4. The van der Waals surface area contributed by atoms with Gasteiger partial charge in [-0.1, -0.05) is 56.4 Å². The van der Waals surface area contributed by atoms with Gasteiger partial charge in [0.25, 0.3) is 5.91 Å². The van der Waals surface area contributed by atoms with Crippen LogP contribution in [0.4, 0.5) is 4.79 Å². The summed E-state index contributed by atoms with van der Waals surface area (Å²) in [7, 11) is 0. The number of carbonyl (C=O) groups excluding carboxylic acids is 5. The minimum Gasteiger partial charge on any atom is -0.363 e. The van der Waals surface area contributed by atoms with E-state index in [4.69, 9.17) is 5.73 Å². The Labute approximate surface area is 235 Å². The van der Waals surface area contributed by atoms with Crippen molar-refractivity contribution < 1.29 is 24.0 Å². The van der Waals surface area contributed by atoms with Gasteiger partial charge in [-0.3, -0.25) is 19.2 Å². The fourth-order valence-electron chi connectivity index (χ4n) is 6.66. The van der Waals surface area contributed by atoms with Crippen molar-refractivity contribution in [3.05, 3.63) is 35.4 Å². The second-order valence-electron chi connectivity index (χ2n) is 12.0. The van der Waals surface area contributed by atoms with Crippen LogP contribution in [0.5, 0.6) is 0 Å². The van der Waals surface area contributed by atoms with Crippen molar-refractivity contribution in [2.45, 2.75) is 101 Å². The van der Waals surface area contributed by atoms with Crippen molar-refractivity contribution in [1.29, 1.82) is 0 Å². The molecule has 1 aromatic rings. The molecule has 10 nitrogen and oxygen atoms in total. The standard InChI is InChI=1S/C30H41N5O5/c31-27(37)26(36)23(15-18-12-13-18)33-28(38)24-11-6-14-35(24)29(39)25(21-16-19-7-4-5-8-20(19)17-21)34-30(40)32-22-9-2-1-3-10-22/h4-5,7-8,18,21-25H,1-3,6,9-17H2,(H2,31,37)(H,33,38)(H2,32,34,40)/t23?,24-,25-/m0/s1. The minimum atomic E-state index is -1.07. The van der Waals surface area contributed by atoms with E-state index in [1.807, 2.05) is 12.1 Å². The first-order chi connectivity index (χ1) is 19.3. The molecular formula is C30H41N5O5. The molecule has 0 radical (unpaired) electrons. The molecule has 1 unspecified atom stereocenters. The largest absolute Gasteiger partial charge is 0.363 e. The predicted octanol–water partition coefficient (Wildman–Crippen LogP) is 1.73. The number of Topliss-reactive ketones (excluding diaryl/α,β-unsaturated/α-hetero) is 1. The van der Waals surface area contributed by atoms with E-state index in [2.05, 4.69) is 28.1 Å². The number of fused-ring (bicyclic) bond motifs is 1. The zero-order valence-corrected chi connectivity index (χ0v) is 23.0. The number of ketones is 1. The van der Waals surface area contributed by atoms with Crippen LogP contribution in [-0.4, -0.2) is 65.1 Å². The Balaban J connectivity index is 1.30.